The van der Waals surface area contributed by atoms with E-state index < -0.39 is 29.3 Å². The molecule has 0 heterocycles. The number of carboxylic acids is 1. The fourth-order valence-electron chi connectivity index (χ4n) is 1.53. The second-order valence-corrected chi connectivity index (χ2v) is 4.29. The zero-order chi connectivity index (χ0) is 15.1. The third-order valence-corrected chi connectivity index (χ3v) is 2.63. The van der Waals surface area contributed by atoms with Gasteiger partial charge in [-0.2, -0.15) is 0 Å². The Balaban J connectivity index is 2.43. The first-order chi connectivity index (χ1) is 9.41. The fraction of sp³-hybridized carbons (Fsp3) is 0.385. The molecule has 0 aliphatic heterocycles. The number of anilines is 1. The maximum absolute atomic E-state index is 13.6. The Morgan fingerprint density at radius 1 is 1.25 bits per heavy atom. The molecule has 1 rings (SSSR count). The van der Waals surface area contributed by atoms with Crippen molar-refractivity contribution in [2.45, 2.75) is 26.2 Å². The number of halogens is 2. The molecule has 0 atom stereocenters. The number of nitrogens with one attached hydrogen (secondary N) is 2. The molecule has 110 valence electrons. The summed E-state index contributed by atoms with van der Waals surface area (Å²) in [6, 6.07) is 1.62. The van der Waals surface area contributed by atoms with E-state index in [1.165, 1.54) is 13.0 Å². The quantitative estimate of drug-likeness (QED) is 0.703. The van der Waals surface area contributed by atoms with Gasteiger partial charge in [-0.1, -0.05) is 6.07 Å². The summed E-state index contributed by atoms with van der Waals surface area (Å²) >= 11 is 0. The molecule has 20 heavy (non-hydrogen) atoms. The molecule has 7 heteroatoms. The van der Waals surface area contributed by atoms with Gasteiger partial charge in [-0.15, -0.1) is 0 Å². The summed E-state index contributed by atoms with van der Waals surface area (Å²) in [5, 5.41) is 12.9. The second kappa shape index (κ2) is 7.42. The normalized spacial score (nSPS) is 10.2. The summed E-state index contributed by atoms with van der Waals surface area (Å²) in [5.41, 5.74) is -0.267. The zero-order valence-electron chi connectivity index (χ0n) is 11.0. The average Bonchev–Trinajstić information content (AvgIpc) is 2.38. The van der Waals surface area contributed by atoms with E-state index in [-0.39, 0.29) is 18.5 Å². The summed E-state index contributed by atoms with van der Waals surface area (Å²) < 4.78 is 27.0. The average molecular weight is 286 g/mol. The number of carbonyl (C=O) groups excluding carboxylic acids is 1. The second-order valence-electron chi connectivity index (χ2n) is 4.29. The highest BCUT2D eigenvalue weighted by molar-refractivity contribution is 5.89. The van der Waals surface area contributed by atoms with Gasteiger partial charge in [0.2, 0.25) is 0 Å². The van der Waals surface area contributed by atoms with Crippen molar-refractivity contribution < 1.29 is 23.5 Å². The topological polar surface area (TPSA) is 78.4 Å². The van der Waals surface area contributed by atoms with Crippen LogP contribution in [0.1, 0.15) is 24.8 Å². The van der Waals surface area contributed by atoms with Crippen molar-refractivity contribution in [1.29, 1.82) is 0 Å². The van der Waals surface area contributed by atoms with Crippen molar-refractivity contribution in [2.75, 3.05) is 11.9 Å². The number of aryl methyl sites for hydroxylation is 1. The van der Waals surface area contributed by atoms with Crippen LogP contribution >= 0.6 is 0 Å². The molecule has 0 aliphatic carbocycles. The van der Waals surface area contributed by atoms with Gasteiger partial charge in [0.25, 0.3) is 0 Å². The van der Waals surface area contributed by atoms with Crippen LogP contribution in [0.15, 0.2) is 12.1 Å². The van der Waals surface area contributed by atoms with Gasteiger partial charge in [0.05, 0.1) is 0 Å². The molecule has 0 aliphatic rings. The van der Waals surface area contributed by atoms with Gasteiger partial charge in [-0.05, 0) is 31.4 Å². The molecule has 5 nitrogen and oxygen atoms in total. The molecule has 0 spiro atoms. The Morgan fingerprint density at radius 2 is 1.95 bits per heavy atom. The van der Waals surface area contributed by atoms with Crippen LogP contribution in [0.25, 0.3) is 0 Å². The van der Waals surface area contributed by atoms with E-state index in [0.29, 0.717) is 12.8 Å². The van der Waals surface area contributed by atoms with E-state index in [1.54, 1.807) is 0 Å². The van der Waals surface area contributed by atoms with E-state index in [1.807, 2.05) is 0 Å². The monoisotopic (exact) mass is 286 g/mol. The lowest BCUT2D eigenvalue weighted by atomic mass is 10.2. The number of carbonyl (C=O) groups is 2. The molecule has 0 fully saturated rings. The first kappa shape index (κ1) is 15.9. The van der Waals surface area contributed by atoms with Crippen LogP contribution in [0.5, 0.6) is 0 Å². The third-order valence-electron chi connectivity index (χ3n) is 2.63. The van der Waals surface area contributed by atoms with Crippen LogP contribution in [0.4, 0.5) is 19.3 Å². The third kappa shape index (κ3) is 4.83. The minimum absolute atomic E-state index is 0.0183. The zero-order valence-corrected chi connectivity index (χ0v) is 11.0. The van der Waals surface area contributed by atoms with Crippen molar-refractivity contribution in [3.05, 3.63) is 29.3 Å². The van der Waals surface area contributed by atoms with Crippen LogP contribution in [0.2, 0.25) is 0 Å². The Morgan fingerprint density at radius 3 is 2.60 bits per heavy atom. The summed E-state index contributed by atoms with van der Waals surface area (Å²) in [6.45, 7) is 1.69. The first-order valence-corrected chi connectivity index (χ1v) is 6.13. The molecular formula is C13H16F2N2O3. The van der Waals surface area contributed by atoms with Crippen LogP contribution in [-0.4, -0.2) is 23.7 Å². The number of unbranched alkanes of at least 4 members (excludes halogenated alkanes) is 1. The molecule has 0 bridgehead atoms. The van der Waals surface area contributed by atoms with Crippen LogP contribution in [0, 0.1) is 18.6 Å². The molecule has 0 saturated carbocycles. The summed E-state index contributed by atoms with van der Waals surface area (Å²) in [4.78, 5) is 21.7. The largest absolute Gasteiger partial charge is 0.481 e. The molecular weight excluding hydrogens is 270 g/mol. The molecule has 0 radical (unpaired) electrons. The highest BCUT2D eigenvalue weighted by Crippen LogP contribution is 2.21. The predicted octanol–water partition coefficient (Wildman–Crippen LogP) is 2.65. The number of hydrogen-bond donors (Lipinski definition) is 3. The molecule has 1 aromatic rings. The Kier molecular flexibility index (Phi) is 5.89. The molecule has 0 unspecified atom stereocenters. The predicted molar refractivity (Wildman–Crippen MR) is 69.6 cm³/mol. The van der Waals surface area contributed by atoms with Crippen molar-refractivity contribution in [2.24, 2.45) is 0 Å². The fourth-order valence-corrected chi connectivity index (χ4v) is 1.53. The minimum Gasteiger partial charge on any atom is -0.481 e. The maximum atomic E-state index is 13.6. The van der Waals surface area contributed by atoms with Crippen molar-refractivity contribution in [3.63, 3.8) is 0 Å². The Bertz CT molecular complexity index is 507. The first-order valence-electron chi connectivity index (χ1n) is 6.13. The van der Waals surface area contributed by atoms with Gasteiger partial charge in [0.15, 0.2) is 5.82 Å². The molecule has 0 aromatic heterocycles. The van der Waals surface area contributed by atoms with Gasteiger partial charge >= 0.3 is 12.0 Å². The smallest absolute Gasteiger partial charge is 0.319 e. The number of hydrogen-bond acceptors (Lipinski definition) is 2. The summed E-state index contributed by atoms with van der Waals surface area (Å²) in [6.07, 6.45) is 0.908. The lowest BCUT2D eigenvalue weighted by Gasteiger charge is -2.10. The number of benzene rings is 1. The molecule has 3 N–H and O–H groups in total. The summed E-state index contributed by atoms with van der Waals surface area (Å²) in [5.74, 6) is -2.57. The van der Waals surface area contributed by atoms with E-state index in [2.05, 4.69) is 10.6 Å². The number of amides is 2. The van der Waals surface area contributed by atoms with Crippen molar-refractivity contribution in [3.8, 4) is 0 Å². The standard InChI is InChI=1S/C13H16F2N2O3/c1-8-5-6-9(14)12(11(8)15)17-13(20)16-7-3-2-4-10(18)19/h5-6H,2-4,7H2,1H3,(H,18,19)(H2,16,17,20). The lowest BCUT2D eigenvalue weighted by Crippen LogP contribution is -2.30. The molecule has 2 amide bonds. The van der Waals surface area contributed by atoms with Crippen LogP contribution in [-0.2, 0) is 4.79 Å². The van der Waals surface area contributed by atoms with E-state index >= 15 is 0 Å². The van der Waals surface area contributed by atoms with Crippen molar-refractivity contribution >= 4 is 17.7 Å². The lowest BCUT2D eigenvalue weighted by molar-refractivity contribution is -0.137. The highest BCUT2D eigenvalue weighted by Gasteiger charge is 2.13. The highest BCUT2D eigenvalue weighted by atomic mass is 19.1. The Labute approximate surface area is 115 Å². The molecule has 0 saturated heterocycles. The van der Waals surface area contributed by atoms with Crippen LogP contribution in [0.3, 0.4) is 0 Å². The van der Waals surface area contributed by atoms with Gasteiger partial charge in [-0.3, -0.25) is 4.79 Å². The number of carboxylic acid groups (broad SMARTS) is 1. The minimum atomic E-state index is -0.904. The maximum Gasteiger partial charge on any atom is 0.319 e. The van der Waals surface area contributed by atoms with Crippen molar-refractivity contribution in [1.82, 2.24) is 5.32 Å². The molecule has 1 aromatic carbocycles. The van der Waals surface area contributed by atoms with Crippen LogP contribution < -0.4 is 10.6 Å². The number of aliphatic carboxylic acids is 1. The van der Waals surface area contributed by atoms with Gasteiger partial charge in [0, 0.05) is 13.0 Å². The Hall–Kier alpha value is -2.18. The number of rotatable bonds is 6. The number of urea groups is 1. The van der Waals surface area contributed by atoms with E-state index in [0.717, 1.165) is 6.07 Å². The van der Waals surface area contributed by atoms with Gasteiger partial charge < -0.3 is 15.7 Å². The SMILES string of the molecule is Cc1ccc(F)c(NC(=O)NCCCCC(=O)O)c1F. The van der Waals surface area contributed by atoms with E-state index in [4.69, 9.17) is 5.11 Å². The summed E-state index contributed by atoms with van der Waals surface area (Å²) in [7, 11) is 0. The van der Waals surface area contributed by atoms with Gasteiger partial charge in [0.1, 0.15) is 11.5 Å². The van der Waals surface area contributed by atoms with Gasteiger partial charge in [-0.25, -0.2) is 13.6 Å². The van der Waals surface area contributed by atoms with E-state index in [9.17, 15) is 18.4 Å².